The van der Waals surface area contributed by atoms with Gasteiger partial charge in [-0.3, -0.25) is 14.4 Å². The van der Waals surface area contributed by atoms with Crippen molar-refractivity contribution in [2.24, 2.45) is 5.10 Å². The molecule has 0 unspecified atom stereocenters. The number of carbonyl (C=O) groups excluding carboxylic acids is 3. The molecule has 150 valence electrons. The molecule has 2 N–H and O–H groups in total. The van der Waals surface area contributed by atoms with E-state index in [0.29, 0.717) is 11.4 Å². The molecule has 29 heavy (non-hydrogen) atoms. The van der Waals surface area contributed by atoms with Gasteiger partial charge in [-0.25, -0.2) is 5.01 Å². The molecule has 0 bridgehead atoms. The van der Waals surface area contributed by atoms with Crippen LogP contribution < -0.4 is 15.6 Å². The number of nitrogens with zero attached hydrogens (tertiary/aromatic N) is 2. The van der Waals surface area contributed by atoms with Gasteiger partial charge in [0.15, 0.2) is 0 Å². The Morgan fingerprint density at radius 2 is 1.83 bits per heavy atom. The molecule has 2 aromatic rings. The molecule has 8 heteroatoms. The van der Waals surface area contributed by atoms with Crippen LogP contribution in [0.3, 0.4) is 0 Å². The molecule has 0 aliphatic carbocycles. The van der Waals surface area contributed by atoms with Crippen molar-refractivity contribution < 1.29 is 14.4 Å². The van der Waals surface area contributed by atoms with Crippen molar-refractivity contribution in [3.8, 4) is 0 Å². The molecule has 0 saturated heterocycles. The average molecular weight is 413 g/mol. The van der Waals surface area contributed by atoms with Gasteiger partial charge in [0, 0.05) is 25.6 Å². The van der Waals surface area contributed by atoms with Crippen molar-refractivity contribution in [1.29, 1.82) is 0 Å². The average Bonchev–Trinajstić information content (AvgIpc) is 2.71. The summed E-state index contributed by atoms with van der Waals surface area (Å²) in [5, 5.41) is 11.1. The summed E-state index contributed by atoms with van der Waals surface area (Å²) < 4.78 is 0. The van der Waals surface area contributed by atoms with Crippen LogP contribution in [-0.2, 0) is 9.59 Å². The number of amides is 3. The number of carbonyl (C=O) groups is 3. The summed E-state index contributed by atoms with van der Waals surface area (Å²) in [7, 11) is 1.50. The van der Waals surface area contributed by atoms with Gasteiger partial charge in [0.05, 0.1) is 16.3 Å². The van der Waals surface area contributed by atoms with E-state index in [0.717, 1.165) is 11.1 Å². The van der Waals surface area contributed by atoms with Crippen LogP contribution in [0.1, 0.15) is 34.3 Å². The Morgan fingerprint density at radius 3 is 2.55 bits per heavy atom. The Labute approximate surface area is 173 Å². The summed E-state index contributed by atoms with van der Waals surface area (Å²) in [5.74, 6) is -0.950. The van der Waals surface area contributed by atoms with E-state index < -0.39 is 5.91 Å². The number of nitrogens with one attached hydrogen (secondary N) is 2. The van der Waals surface area contributed by atoms with Gasteiger partial charge in [-0.05, 0) is 49.2 Å². The second-order valence-corrected chi connectivity index (χ2v) is 7.18. The molecule has 7 nitrogen and oxygen atoms in total. The molecular weight excluding hydrogens is 392 g/mol. The summed E-state index contributed by atoms with van der Waals surface area (Å²) in [6.07, 6.45) is 0.422. The molecule has 0 atom stereocenters. The highest BCUT2D eigenvalue weighted by Crippen LogP contribution is 2.26. The van der Waals surface area contributed by atoms with E-state index in [9.17, 15) is 14.4 Å². The van der Waals surface area contributed by atoms with E-state index in [1.54, 1.807) is 6.07 Å². The summed E-state index contributed by atoms with van der Waals surface area (Å²) >= 11 is 6.04. The van der Waals surface area contributed by atoms with Gasteiger partial charge in [-0.15, -0.1) is 0 Å². The number of hydrazone groups is 1. The molecule has 0 aromatic heterocycles. The number of benzene rings is 2. The van der Waals surface area contributed by atoms with Crippen LogP contribution >= 0.6 is 11.6 Å². The number of hydrogen-bond acceptors (Lipinski definition) is 4. The molecule has 1 aliphatic heterocycles. The fourth-order valence-electron chi connectivity index (χ4n) is 2.97. The van der Waals surface area contributed by atoms with Crippen LogP contribution in [0.25, 0.3) is 0 Å². The van der Waals surface area contributed by atoms with Gasteiger partial charge in [-0.2, -0.15) is 5.10 Å². The molecule has 0 spiro atoms. The Morgan fingerprint density at radius 1 is 1.07 bits per heavy atom. The second kappa shape index (κ2) is 8.45. The lowest BCUT2D eigenvalue weighted by Crippen LogP contribution is -2.36. The topological polar surface area (TPSA) is 90.9 Å². The Balaban J connectivity index is 1.86. The summed E-state index contributed by atoms with van der Waals surface area (Å²) in [4.78, 5) is 37.0. The van der Waals surface area contributed by atoms with Crippen LogP contribution in [0.15, 0.2) is 41.5 Å². The minimum absolute atomic E-state index is 0.163. The Hall–Kier alpha value is -3.19. The van der Waals surface area contributed by atoms with Crippen LogP contribution in [0.5, 0.6) is 0 Å². The normalized spacial score (nSPS) is 13.7. The predicted octanol–water partition coefficient (Wildman–Crippen LogP) is 3.44. The number of halogens is 1. The zero-order chi connectivity index (χ0) is 21.1. The van der Waals surface area contributed by atoms with E-state index in [4.69, 9.17) is 11.6 Å². The highest BCUT2D eigenvalue weighted by molar-refractivity contribution is 6.44. The van der Waals surface area contributed by atoms with E-state index in [2.05, 4.69) is 15.7 Å². The summed E-state index contributed by atoms with van der Waals surface area (Å²) in [6, 6.07) is 10.4. The first kappa shape index (κ1) is 20.5. The number of anilines is 2. The fraction of sp³-hybridized carbons (Fsp3) is 0.238. The molecule has 3 rings (SSSR count). The number of aryl methyl sites for hydroxylation is 2. The maximum absolute atomic E-state index is 12.7. The molecule has 1 heterocycles. The van der Waals surface area contributed by atoms with Crippen LogP contribution in [0, 0.1) is 13.8 Å². The van der Waals surface area contributed by atoms with E-state index >= 15 is 0 Å². The maximum atomic E-state index is 12.7. The van der Waals surface area contributed by atoms with Gasteiger partial charge in [0.2, 0.25) is 5.91 Å². The summed E-state index contributed by atoms with van der Waals surface area (Å²) in [6.45, 7) is 3.82. The first-order valence-corrected chi connectivity index (χ1v) is 9.48. The molecule has 0 saturated carbocycles. The molecule has 0 fully saturated rings. The molecule has 0 radical (unpaired) electrons. The number of rotatable bonds is 4. The first-order chi connectivity index (χ1) is 13.8. The first-order valence-electron chi connectivity index (χ1n) is 9.11. The van der Waals surface area contributed by atoms with E-state index in [1.807, 2.05) is 32.0 Å². The fourth-order valence-corrected chi connectivity index (χ4v) is 3.17. The second-order valence-electron chi connectivity index (χ2n) is 6.77. The predicted molar refractivity (Wildman–Crippen MR) is 114 cm³/mol. The highest BCUT2D eigenvalue weighted by Gasteiger charge is 2.26. The highest BCUT2D eigenvalue weighted by atomic mass is 35.5. The van der Waals surface area contributed by atoms with E-state index in [1.165, 1.54) is 24.2 Å². The van der Waals surface area contributed by atoms with Crippen molar-refractivity contribution in [3.63, 3.8) is 0 Å². The van der Waals surface area contributed by atoms with E-state index in [-0.39, 0.29) is 41.0 Å². The van der Waals surface area contributed by atoms with Gasteiger partial charge >= 0.3 is 0 Å². The van der Waals surface area contributed by atoms with Crippen molar-refractivity contribution >= 4 is 46.4 Å². The molecule has 3 amide bonds. The van der Waals surface area contributed by atoms with Gasteiger partial charge in [0.25, 0.3) is 11.8 Å². The third kappa shape index (κ3) is 4.46. The lowest BCUT2D eigenvalue weighted by molar-refractivity contribution is -0.118. The zero-order valence-corrected chi connectivity index (χ0v) is 17.1. The Bertz CT molecular complexity index is 1030. The van der Waals surface area contributed by atoms with Crippen molar-refractivity contribution in [2.45, 2.75) is 26.7 Å². The smallest absolute Gasteiger partial charge is 0.271 e. The van der Waals surface area contributed by atoms with Crippen LogP contribution in [0.2, 0.25) is 5.02 Å². The van der Waals surface area contributed by atoms with Crippen molar-refractivity contribution in [2.75, 3.05) is 17.4 Å². The lowest BCUT2D eigenvalue weighted by atomic mass is 10.1. The van der Waals surface area contributed by atoms with Gasteiger partial charge in [0.1, 0.15) is 5.71 Å². The molecule has 1 aliphatic rings. The lowest BCUT2D eigenvalue weighted by Gasteiger charge is -2.24. The maximum Gasteiger partial charge on any atom is 0.271 e. The van der Waals surface area contributed by atoms with Crippen LogP contribution in [-0.4, -0.2) is 30.5 Å². The minimum Gasteiger partial charge on any atom is -0.355 e. The standard InChI is InChI=1S/C21H21ClN4O3/c1-12-4-5-13(2)18(10-12)26-19(27)9-8-17(25-26)21(29)24-14-6-7-16(22)15(11-14)20(28)23-3/h4-7,10-11H,8-9H2,1-3H3,(H,23,28)(H,24,29). The molecular formula is C21H21ClN4O3. The molecule has 2 aromatic carbocycles. The van der Waals surface area contributed by atoms with Gasteiger partial charge in [-0.1, -0.05) is 23.7 Å². The van der Waals surface area contributed by atoms with Crippen molar-refractivity contribution in [3.05, 3.63) is 58.1 Å². The monoisotopic (exact) mass is 412 g/mol. The summed E-state index contributed by atoms with van der Waals surface area (Å²) in [5.41, 5.74) is 3.45. The Kier molecular flexibility index (Phi) is 5.98. The SMILES string of the molecule is CNC(=O)c1cc(NC(=O)C2=NN(c3cc(C)ccc3C)C(=O)CC2)ccc1Cl. The quantitative estimate of drug-likeness (QED) is 0.805. The minimum atomic E-state index is -0.432. The van der Waals surface area contributed by atoms with Gasteiger partial charge < -0.3 is 10.6 Å². The van der Waals surface area contributed by atoms with Crippen LogP contribution in [0.4, 0.5) is 11.4 Å². The van der Waals surface area contributed by atoms with Crippen molar-refractivity contribution in [1.82, 2.24) is 5.32 Å². The third-order valence-electron chi connectivity index (χ3n) is 4.58. The third-order valence-corrected chi connectivity index (χ3v) is 4.91. The number of hydrogen-bond donors (Lipinski definition) is 2. The largest absolute Gasteiger partial charge is 0.355 e. The zero-order valence-electron chi connectivity index (χ0n) is 16.4.